The van der Waals surface area contributed by atoms with Gasteiger partial charge in [0.2, 0.25) is 0 Å². The summed E-state index contributed by atoms with van der Waals surface area (Å²) in [5.41, 5.74) is 9.78. The molecule has 0 N–H and O–H groups in total. The fourth-order valence-electron chi connectivity index (χ4n) is 3.04. The molecule has 9 nitrogen and oxygen atoms in total. The second-order valence-electron chi connectivity index (χ2n) is 5.72. The van der Waals surface area contributed by atoms with Crippen LogP contribution >= 0.6 is 0 Å². The molecule has 25 heavy (non-hydrogen) atoms. The van der Waals surface area contributed by atoms with Gasteiger partial charge in [0.1, 0.15) is 18.2 Å². The highest BCUT2D eigenvalue weighted by Crippen LogP contribution is 2.36. The molecule has 0 amide bonds. The minimum Gasteiger partial charge on any atom is -0.457 e. The van der Waals surface area contributed by atoms with Crippen LogP contribution in [0.1, 0.15) is 18.8 Å². The molecular weight excluding hydrogens is 330 g/mol. The van der Waals surface area contributed by atoms with Gasteiger partial charge in [0, 0.05) is 24.5 Å². The van der Waals surface area contributed by atoms with Crippen molar-refractivity contribution in [3.8, 4) is 0 Å². The van der Waals surface area contributed by atoms with E-state index in [0.717, 1.165) is 5.56 Å². The fraction of sp³-hybridized carbons (Fsp3) is 0.562. The zero-order valence-corrected chi connectivity index (χ0v) is 13.8. The molecule has 2 heterocycles. The van der Waals surface area contributed by atoms with Crippen LogP contribution in [-0.2, 0) is 28.5 Å². The molecular formula is C16H19N3O6. The minimum atomic E-state index is -0.908. The Morgan fingerprint density at radius 1 is 1.32 bits per heavy atom. The zero-order valence-electron chi connectivity index (χ0n) is 13.8. The number of benzene rings is 1. The van der Waals surface area contributed by atoms with Crippen LogP contribution in [0.5, 0.6) is 0 Å². The quantitative estimate of drug-likeness (QED) is 0.356. The van der Waals surface area contributed by atoms with Gasteiger partial charge in [-0.3, -0.25) is 4.79 Å². The van der Waals surface area contributed by atoms with Crippen molar-refractivity contribution < 1.29 is 28.5 Å². The molecule has 2 fully saturated rings. The van der Waals surface area contributed by atoms with Gasteiger partial charge in [-0.15, -0.1) is 0 Å². The van der Waals surface area contributed by atoms with Crippen LogP contribution in [0.15, 0.2) is 35.4 Å². The van der Waals surface area contributed by atoms with Gasteiger partial charge in [-0.2, -0.15) is 0 Å². The summed E-state index contributed by atoms with van der Waals surface area (Å²) in [6, 6.07) is 8.59. The molecule has 0 bridgehead atoms. The van der Waals surface area contributed by atoms with Crippen LogP contribution in [0, 0.1) is 0 Å². The highest BCUT2D eigenvalue weighted by Gasteiger charge is 2.51. The monoisotopic (exact) mass is 349 g/mol. The first-order valence-corrected chi connectivity index (χ1v) is 7.85. The summed E-state index contributed by atoms with van der Waals surface area (Å²) in [5.74, 6) is -0.529. The summed E-state index contributed by atoms with van der Waals surface area (Å²) in [5, 5.41) is 3.79. The van der Waals surface area contributed by atoms with E-state index in [0.29, 0.717) is 0 Å². The number of hydrogen-bond donors (Lipinski definition) is 0. The predicted molar refractivity (Wildman–Crippen MR) is 84.2 cm³/mol. The van der Waals surface area contributed by atoms with Crippen molar-refractivity contribution in [1.82, 2.24) is 0 Å². The summed E-state index contributed by atoms with van der Waals surface area (Å²) in [7, 11) is 1.42. The maximum absolute atomic E-state index is 11.4. The largest absolute Gasteiger partial charge is 0.457 e. The normalized spacial score (nSPS) is 34.5. The van der Waals surface area contributed by atoms with Crippen molar-refractivity contribution in [2.24, 2.45) is 5.11 Å². The standard InChI is InChI=1S/C16H19N3O6/c1-9(20)23-14-12(18-19-17)13-11(24-16(14)21-2)8-22-15(25-13)10-6-4-3-5-7-10/h3-7,11-16H,8H2,1-2H3/t11-,12+,13+,14-,15+,16+/m1/s1. The van der Waals surface area contributed by atoms with E-state index >= 15 is 0 Å². The van der Waals surface area contributed by atoms with Crippen LogP contribution in [0.25, 0.3) is 10.4 Å². The molecule has 2 saturated heterocycles. The first-order valence-electron chi connectivity index (χ1n) is 7.85. The highest BCUT2D eigenvalue weighted by atomic mass is 16.8. The van der Waals surface area contributed by atoms with Crippen molar-refractivity contribution in [3.63, 3.8) is 0 Å². The molecule has 0 unspecified atom stereocenters. The van der Waals surface area contributed by atoms with Gasteiger partial charge in [-0.1, -0.05) is 35.4 Å². The van der Waals surface area contributed by atoms with Crippen LogP contribution in [0.2, 0.25) is 0 Å². The van der Waals surface area contributed by atoms with E-state index < -0.39 is 42.9 Å². The molecule has 1 aromatic rings. The van der Waals surface area contributed by atoms with E-state index in [1.54, 1.807) is 0 Å². The van der Waals surface area contributed by atoms with Gasteiger partial charge in [0.05, 0.1) is 6.61 Å². The highest BCUT2D eigenvalue weighted by molar-refractivity contribution is 5.66. The van der Waals surface area contributed by atoms with Gasteiger partial charge < -0.3 is 23.7 Å². The molecule has 0 spiro atoms. The summed E-state index contributed by atoms with van der Waals surface area (Å²) < 4.78 is 28.0. The Labute approximate surface area is 144 Å². The van der Waals surface area contributed by atoms with Crippen molar-refractivity contribution in [3.05, 3.63) is 46.3 Å². The Morgan fingerprint density at radius 3 is 2.72 bits per heavy atom. The maximum Gasteiger partial charge on any atom is 0.303 e. The SMILES string of the molecule is CO[C@H]1O[C@@H]2CO[C@H](c3ccccc3)O[C@@H]2[C@H](N=[N+]=[N-])[C@H]1OC(C)=O. The maximum atomic E-state index is 11.4. The van der Waals surface area contributed by atoms with Crippen molar-refractivity contribution in [2.75, 3.05) is 13.7 Å². The lowest BCUT2D eigenvalue weighted by Gasteiger charge is -2.47. The number of esters is 1. The number of methoxy groups -OCH3 is 1. The second-order valence-corrected chi connectivity index (χ2v) is 5.72. The van der Waals surface area contributed by atoms with Gasteiger partial charge >= 0.3 is 5.97 Å². The summed E-state index contributed by atoms with van der Waals surface area (Å²) in [6.45, 7) is 1.50. The first-order chi connectivity index (χ1) is 12.1. The molecule has 0 aliphatic carbocycles. The van der Waals surface area contributed by atoms with E-state index in [1.807, 2.05) is 30.3 Å². The van der Waals surface area contributed by atoms with Gasteiger partial charge in [0.15, 0.2) is 18.7 Å². The Kier molecular flexibility index (Phi) is 5.52. The van der Waals surface area contributed by atoms with E-state index in [2.05, 4.69) is 10.0 Å². The minimum absolute atomic E-state index is 0.230. The summed E-state index contributed by atoms with van der Waals surface area (Å²) >= 11 is 0. The van der Waals surface area contributed by atoms with E-state index in [-0.39, 0.29) is 6.61 Å². The Hall–Kier alpha value is -2.16. The van der Waals surface area contributed by atoms with Crippen LogP contribution in [-0.4, -0.2) is 50.3 Å². The molecule has 0 radical (unpaired) electrons. The van der Waals surface area contributed by atoms with E-state index in [4.69, 9.17) is 29.2 Å². The Bertz CT molecular complexity index is 651. The Balaban J connectivity index is 1.86. The second kappa shape index (κ2) is 7.81. The molecule has 6 atom stereocenters. The molecule has 9 heteroatoms. The predicted octanol–water partition coefficient (Wildman–Crippen LogP) is 2.08. The topological polar surface area (TPSA) is 112 Å². The number of carbonyl (C=O) groups is 1. The average molecular weight is 349 g/mol. The molecule has 0 saturated carbocycles. The number of azide groups is 1. The molecule has 1 aromatic carbocycles. The third-order valence-electron chi connectivity index (χ3n) is 4.10. The lowest BCUT2D eigenvalue weighted by molar-refractivity contribution is -0.338. The molecule has 134 valence electrons. The molecule has 2 aliphatic heterocycles. The van der Waals surface area contributed by atoms with Gasteiger partial charge in [0.25, 0.3) is 0 Å². The molecule has 3 rings (SSSR count). The van der Waals surface area contributed by atoms with Crippen LogP contribution < -0.4 is 0 Å². The smallest absolute Gasteiger partial charge is 0.303 e. The van der Waals surface area contributed by atoms with Crippen LogP contribution in [0.3, 0.4) is 0 Å². The van der Waals surface area contributed by atoms with E-state index in [9.17, 15) is 4.79 Å². The number of fused-ring (bicyclic) bond motifs is 1. The fourth-order valence-corrected chi connectivity index (χ4v) is 3.04. The zero-order chi connectivity index (χ0) is 17.8. The number of rotatable bonds is 4. The number of carbonyl (C=O) groups excluding carboxylic acids is 1. The molecule has 2 aliphatic rings. The van der Waals surface area contributed by atoms with E-state index in [1.165, 1.54) is 14.0 Å². The van der Waals surface area contributed by atoms with Crippen molar-refractivity contribution in [2.45, 2.75) is 43.9 Å². The average Bonchev–Trinajstić information content (AvgIpc) is 2.63. The number of nitrogens with zero attached hydrogens (tertiary/aromatic N) is 3. The third kappa shape index (κ3) is 3.76. The lowest BCUT2D eigenvalue weighted by atomic mass is 9.95. The first kappa shape index (κ1) is 17.7. The number of hydrogen-bond acceptors (Lipinski definition) is 7. The Morgan fingerprint density at radius 2 is 2.08 bits per heavy atom. The summed E-state index contributed by atoms with van der Waals surface area (Å²) in [6.07, 6.45) is -3.55. The van der Waals surface area contributed by atoms with Crippen molar-refractivity contribution in [1.29, 1.82) is 0 Å². The third-order valence-corrected chi connectivity index (χ3v) is 4.10. The van der Waals surface area contributed by atoms with Crippen molar-refractivity contribution >= 4 is 5.97 Å². The lowest BCUT2D eigenvalue weighted by Crippen LogP contribution is -2.62. The van der Waals surface area contributed by atoms with Gasteiger partial charge in [-0.25, -0.2) is 0 Å². The summed E-state index contributed by atoms with van der Waals surface area (Å²) in [4.78, 5) is 14.3. The van der Waals surface area contributed by atoms with Crippen LogP contribution in [0.4, 0.5) is 0 Å². The number of ether oxygens (including phenoxy) is 5. The van der Waals surface area contributed by atoms with Gasteiger partial charge in [-0.05, 0) is 5.53 Å². The molecule has 0 aromatic heterocycles.